The van der Waals surface area contributed by atoms with Gasteiger partial charge in [0.15, 0.2) is 10.1 Å². The Hall–Kier alpha value is -3.49. The Morgan fingerprint density at radius 3 is 2.40 bits per heavy atom. The van der Waals surface area contributed by atoms with Crippen LogP contribution in [0.15, 0.2) is 52.9 Å². The number of hydrogen-bond donors (Lipinski definition) is 2. The van der Waals surface area contributed by atoms with Crippen molar-refractivity contribution in [2.45, 2.75) is 37.8 Å². The number of hydrogen-bond acceptors (Lipinski definition) is 6. The number of carbonyl (C=O) groups excluding carboxylic acids is 2. The molecule has 1 heterocycles. The van der Waals surface area contributed by atoms with Gasteiger partial charge < -0.3 is 10.4 Å². The Kier molecular flexibility index (Phi) is 7.05. The number of Topliss-reactive ketones (excluding diaryl/α,β-unsaturated/α-hetero) is 1. The van der Waals surface area contributed by atoms with E-state index in [4.69, 9.17) is 4.98 Å². The standard InChI is InChI=1S/C27H24N2O4S2/c1-14-11-15(2)24(17(4)30)16(3)21(14)13-34-27-29-22-10-9-18(12-23(22)35-27)28-25(31)19-7-5-6-8-20(19)26(32)33/h5-12H,13H2,1-4H3,(H,28,31)(H,32,33). The SMILES string of the molecule is CC(=O)c1c(C)cc(C)c(CSc2nc3ccc(NC(=O)c4ccccc4C(=O)O)cc3s2)c1C. The fourth-order valence-corrected chi connectivity index (χ4v) is 6.53. The van der Waals surface area contributed by atoms with Crippen LogP contribution in [0, 0.1) is 20.8 Å². The number of aromatic carboxylic acids is 1. The van der Waals surface area contributed by atoms with Crippen LogP contribution in [0.25, 0.3) is 10.2 Å². The second-order valence-electron chi connectivity index (χ2n) is 8.30. The highest BCUT2D eigenvalue weighted by molar-refractivity contribution is 8.00. The van der Waals surface area contributed by atoms with Gasteiger partial charge in [0.1, 0.15) is 0 Å². The van der Waals surface area contributed by atoms with Gasteiger partial charge in [-0.3, -0.25) is 9.59 Å². The molecule has 4 aromatic rings. The van der Waals surface area contributed by atoms with E-state index >= 15 is 0 Å². The number of thioether (sulfide) groups is 1. The van der Waals surface area contributed by atoms with Gasteiger partial charge in [-0.1, -0.05) is 30.0 Å². The summed E-state index contributed by atoms with van der Waals surface area (Å²) in [5, 5.41) is 12.1. The maximum absolute atomic E-state index is 12.7. The molecule has 0 aliphatic heterocycles. The van der Waals surface area contributed by atoms with Crippen LogP contribution < -0.4 is 5.32 Å². The van der Waals surface area contributed by atoms with Crippen LogP contribution >= 0.6 is 23.1 Å². The minimum absolute atomic E-state index is 0.0443. The number of anilines is 1. The maximum Gasteiger partial charge on any atom is 0.336 e. The quantitative estimate of drug-likeness (QED) is 0.216. The van der Waals surface area contributed by atoms with E-state index in [1.54, 1.807) is 36.9 Å². The number of fused-ring (bicyclic) bond motifs is 1. The molecule has 2 N–H and O–H groups in total. The molecular weight excluding hydrogens is 480 g/mol. The third kappa shape index (κ3) is 5.13. The van der Waals surface area contributed by atoms with E-state index in [0.29, 0.717) is 11.4 Å². The molecule has 0 fully saturated rings. The van der Waals surface area contributed by atoms with E-state index in [9.17, 15) is 19.5 Å². The number of aromatic nitrogens is 1. The molecule has 35 heavy (non-hydrogen) atoms. The van der Waals surface area contributed by atoms with Crippen molar-refractivity contribution in [3.63, 3.8) is 0 Å². The van der Waals surface area contributed by atoms with Gasteiger partial charge in [-0.05, 0) is 80.3 Å². The second-order valence-corrected chi connectivity index (χ2v) is 10.6. The molecule has 0 aliphatic rings. The van der Waals surface area contributed by atoms with E-state index in [-0.39, 0.29) is 16.9 Å². The molecule has 0 aliphatic carbocycles. The minimum atomic E-state index is -1.15. The molecule has 178 valence electrons. The highest BCUT2D eigenvalue weighted by atomic mass is 32.2. The molecule has 0 spiro atoms. The van der Waals surface area contributed by atoms with Crippen molar-refractivity contribution in [3.05, 3.63) is 87.5 Å². The zero-order chi connectivity index (χ0) is 25.3. The minimum Gasteiger partial charge on any atom is -0.478 e. The summed E-state index contributed by atoms with van der Waals surface area (Å²) in [5.74, 6) is -0.849. The first kappa shape index (κ1) is 24.6. The molecular formula is C27H24N2O4S2. The zero-order valence-corrected chi connectivity index (χ0v) is 21.4. The van der Waals surface area contributed by atoms with Gasteiger partial charge in [0, 0.05) is 17.0 Å². The lowest BCUT2D eigenvalue weighted by molar-refractivity contribution is 0.0692. The van der Waals surface area contributed by atoms with Gasteiger partial charge >= 0.3 is 5.97 Å². The third-order valence-electron chi connectivity index (χ3n) is 5.85. The Morgan fingerprint density at radius 1 is 1.00 bits per heavy atom. The number of carboxylic acid groups (broad SMARTS) is 1. The van der Waals surface area contributed by atoms with Gasteiger partial charge in [-0.2, -0.15) is 0 Å². The summed E-state index contributed by atoms with van der Waals surface area (Å²) in [6.45, 7) is 7.64. The molecule has 6 nitrogen and oxygen atoms in total. The van der Waals surface area contributed by atoms with E-state index in [1.807, 2.05) is 26.0 Å². The summed E-state index contributed by atoms with van der Waals surface area (Å²) >= 11 is 3.15. The summed E-state index contributed by atoms with van der Waals surface area (Å²) < 4.78 is 1.81. The molecule has 8 heteroatoms. The van der Waals surface area contributed by atoms with Crippen LogP contribution in [-0.4, -0.2) is 27.8 Å². The largest absolute Gasteiger partial charge is 0.478 e. The summed E-state index contributed by atoms with van der Waals surface area (Å²) in [6, 6.07) is 13.6. The van der Waals surface area contributed by atoms with Gasteiger partial charge in [0.2, 0.25) is 0 Å². The average molecular weight is 505 g/mol. The van der Waals surface area contributed by atoms with Crippen molar-refractivity contribution >= 4 is 56.7 Å². The topological polar surface area (TPSA) is 96.4 Å². The van der Waals surface area contributed by atoms with Crippen LogP contribution in [-0.2, 0) is 5.75 Å². The average Bonchev–Trinajstić information content (AvgIpc) is 3.20. The molecule has 0 bridgehead atoms. The lowest BCUT2D eigenvalue weighted by Gasteiger charge is -2.15. The van der Waals surface area contributed by atoms with Crippen LogP contribution in [0.3, 0.4) is 0 Å². The Morgan fingerprint density at radius 2 is 1.71 bits per heavy atom. The van der Waals surface area contributed by atoms with Crippen molar-refractivity contribution in [2.24, 2.45) is 0 Å². The number of nitrogens with zero attached hydrogens (tertiary/aromatic N) is 1. The Bertz CT molecular complexity index is 1490. The smallest absolute Gasteiger partial charge is 0.336 e. The highest BCUT2D eigenvalue weighted by Crippen LogP contribution is 2.35. The van der Waals surface area contributed by atoms with Crippen LogP contribution in [0.5, 0.6) is 0 Å². The number of aryl methyl sites for hydroxylation is 2. The van der Waals surface area contributed by atoms with Crippen molar-refractivity contribution in [2.75, 3.05) is 5.32 Å². The normalized spacial score (nSPS) is 11.0. The molecule has 0 unspecified atom stereocenters. The lowest BCUT2D eigenvalue weighted by Crippen LogP contribution is -2.16. The van der Waals surface area contributed by atoms with Crippen molar-refractivity contribution < 1.29 is 19.5 Å². The van der Waals surface area contributed by atoms with Gasteiger partial charge in [0.25, 0.3) is 5.91 Å². The number of carboxylic acids is 1. The summed E-state index contributed by atoms with van der Waals surface area (Å²) in [6.07, 6.45) is 0. The number of thiazole rings is 1. The number of ketones is 1. The first-order chi connectivity index (χ1) is 16.7. The fourth-order valence-electron chi connectivity index (χ4n) is 4.23. The Labute approximate surface area is 211 Å². The van der Waals surface area contributed by atoms with E-state index < -0.39 is 11.9 Å². The van der Waals surface area contributed by atoms with Gasteiger partial charge in [-0.15, -0.1) is 11.3 Å². The number of nitrogens with one attached hydrogen (secondary N) is 1. The first-order valence-corrected chi connectivity index (χ1v) is 12.7. The van der Waals surface area contributed by atoms with E-state index in [0.717, 1.165) is 42.4 Å². The van der Waals surface area contributed by atoms with Crippen molar-refractivity contribution in [1.82, 2.24) is 4.98 Å². The predicted molar refractivity (Wildman–Crippen MR) is 141 cm³/mol. The second kappa shape index (κ2) is 10.0. The third-order valence-corrected chi connectivity index (χ3v) is 8.04. The molecule has 3 aromatic carbocycles. The summed E-state index contributed by atoms with van der Waals surface area (Å²) in [4.78, 5) is 40.9. The van der Waals surface area contributed by atoms with Crippen LogP contribution in [0.1, 0.15) is 60.3 Å². The first-order valence-electron chi connectivity index (χ1n) is 10.9. The number of benzene rings is 3. The molecule has 1 aromatic heterocycles. The van der Waals surface area contributed by atoms with Crippen LogP contribution in [0.4, 0.5) is 5.69 Å². The molecule has 0 saturated carbocycles. The van der Waals surface area contributed by atoms with Crippen LogP contribution in [0.2, 0.25) is 0 Å². The van der Waals surface area contributed by atoms with Crippen molar-refractivity contribution in [3.8, 4) is 0 Å². The number of amides is 1. The molecule has 0 saturated heterocycles. The van der Waals surface area contributed by atoms with Gasteiger partial charge in [0.05, 0.1) is 21.3 Å². The monoisotopic (exact) mass is 504 g/mol. The van der Waals surface area contributed by atoms with Crippen molar-refractivity contribution in [1.29, 1.82) is 0 Å². The Balaban J connectivity index is 1.54. The molecule has 1 amide bonds. The lowest BCUT2D eigenvalue weighted by atomic mass is 9.92. The highest BCUT2D eigenvalue weighted by Gasteiger charge is 2.17. The van der Waals surface area contributed by atoms with Gasteiger partial charge in [-0.25, -0.2) is 9.78 Å². The van der Waals surface area contributed by atoms with E-state index in [1.165, 1.54) is 23.5 Å². The fraction of sp³-hybridized carbons (Fsp3) is 0.185. The summed E-state index contributed by atoms with van der Waals surface area (Å²) in [5.41, 5.74) is 6.58. The molecule has 0 radical (unpaired) electrons. The molecule has 0 atom stereocenters. The van der Waals surface area contributed by atoms with E-state index in [2.05, 4.69) is 18.3 Å². The number of rotatable bonds is 7. The summed E-state index contributed by atoms with van der Waals surface area (Å²) in [7, 11) is 0. The predicted octanol–water partition coefficient (Wildman–Crippen LogP) is 6.67. The maximum atomic E-state index is 12.7. The molecule has 4 rings (SSSR count). The zero-order valence-electron chi connectivity index (χ0n) is 19.8. The number of carbonyl (C=O) groups is 3.